The smallest absolute Gasteiger partial charge is 0.0408 e. The average Bonchev–Trinajstić information content (AvgIpc) is 2.14. The van der Waals surface area contributed by atoms with Gasteiger partial charge >= 0.3 is 0 Å². The van der Waals surface area contributed by atoms with Crippen LogP contribution in [0.15, 0.2) is 24.3 Å². The van der Waals surface area contributed by atoms with E-state index in [2.05, 4.69) is 25.3 Å². The Labute approximate surface area is 90.4 Å². The van der Waals surface area contributed by atoms with Gasteiger partial charge in [0.2, 0.25) is 0 Å². The Kier molecular flexibility index (Phi) is 4.39. The van der Waals surface area contributed by atoms with Crippen LogP contribution in [0.3, 0.4) is 0 Å². The van der Waals surface area contributed by atoms with Gasteiger partial charge in [-0.1, -0.05) is 37.6 Å². The maximum atomic E-state index is 5.90. The lowest BCUT2D eigenvalue weighted by atomic mass is 9.97. The van der Waals surface area contributed by atoms with Gasteiger partial charge in [-0.15, -0.1) is 0 Å². The second-order valence-electron chi connectivity index (χ2n) is 3.85. The lowest BCUT2D eigenvalue weighted by molar-refractivity contribution is 0.404. The molecule has 1 atom stereocenters. The van der Waals surface area contributed by atoms with Crippen molar-refractivity contribution in [2.75, 3.05) is 0 Å². The molecule has 1 aromatic carbocycles. The standard InChI is InChI=1S/C11H17ClN2/c1-8(2)11(14-13)7-9-4-3-5-10(12)6-9/h3-6,8,11,14H,7,13H2,1-2H3. The van der Waals surface area contributed by atoms with Crippen LogP contribution in [0, 0.1) is 5.92 Å². The van der Waals surface area contributed by atoms with Gasteiger partial charge < -0.3 is 0 Å². The second-order valence-corrected chi connectivity index (χ2v) is 4.29. The number of nitrogens with one attached hydrogen (secondary N) is 1. The molecular formula is C11H17ClN2. The van der Waals surface area contributed by atoms with E-state index in [-0.39, 0.29) is 0 Å². The van der Waals surface area contributed by atoms with E-state index in [9.17, 15) is 0 Å². The summed E-state index contributed by atoms with van der Waals surface area (Å²) >= 11 is 5.90. The van der Waals surface area contributed by atoms with Crippen LogP contribution in [0.5, 0.6) is 0 Å². The summed E-state index contributed by atoms with van der Waals surface area (Å²) in [6.07, 6.45) is 0.911. The minimum Gasteiger partial charge on any atom is -0.271 e. The molecule has 0 aromatic heterocycles. The summed E-state index contributed by atoms with van der Waals surface area (Å²) in [6, 6.07) is 8.19. The minimum atomic E-state index is 0.300. The lowest BCUT2D eigenvalue weighted by Gasteiger charge is -2.19. The molecule has 1 rings (SSSR count). The maximum absolute atomic E-state index is 5.90. The third-order valence-electron chi connectivity index (χ3n) is 2.36. The second kappa shape index (κ2) is 5.35. The van der Waals surface area contributed by atoms with Gasteiger partial charge in [0.05, 0.1) is 0 Å². The molecule has 0 aliphatic rings. The van der Waals surface area contributed by atoms with Gasteiger partial charge in [-0.2, -0.15) is 0 Å². The summed E-state index contributed by atoms with van der Waals surface area (Å²) in [5, 5.41) is 0.780. The molecule has 0 aliphatic heterocycles. The molecule has 0 fully saturated rings. The zero-order chi connectivity index (χ0) is 10.6. The first kappa shape index (κ1) is 11.5. The molecular weight excluding hydrogens is 196 g/mol. The molecule has 0 saturated carbocycles. The summed E-state index contributed by atoms with van der Waals surface area (Å²) in [6.45, 7) is 4.30. The molecule has 0 aliphatic carbocycles. The van der Waals surface area contributed by atoms with Crippen molar-refractivity contribution >= 4 is 11.6 Å². The van der Waals surface area contributed by atoms with Crippen molar-refractivity contribution in [3.05, 3.63) is 34.9 Å². The largest absolute Gasteiger partial charge is 0.271 e. The first-order valence-electron chi connectivity index (χ1n) is 4.84. The van der Waals surface area contributed by atoms with Crippen LogP contribution in [-0.2, 0) is 6.42 Å². The number of rotatable bonds is 4. The van der Waals surface area contributed by atoms with Gasteiger partial charge in [-0.05, 0) is 30.0 Å². The molecule has 3 heteroatoms. The number of hydrazine groups is 1. The topological polar surface area (TPSA) is 38.0 Å². The van der Waals surface area contributed by atoms with Crippen LogP contribution >= 0.6 is 11.6 Å². The highest BCUT2D eigenvalue weighted by molar-refractivity contribution is 6.30. The zero-order valence-electron chi connectivity index (χ0n) is 8.63. The van der Waals surface area contributed by atoms with Crippen molar-refractivity contribution < 1.29 is 0 Å². The fourth-order valence-electron chi connectivity index (χ4n) is 1.40. The van der Waals surface area contributed by atoms with E-state index in [1.807, 2.05) is 18.2 Å². The first-order valence-corrected chi connectivity index (χ1v) is 5.22. The molecule has 1 unspecified atom stereocenters. The molecule has 0 spiro atoms. The van der Waals surface area contributed by atoms with Crippen molar-refractivity contribution in [3.8, 4) is 0 Å². The summed E-state index contributed by atoms with van der Waals surface area (Å²) in [4.78, 5) is 0. The highest BCUT2D eigenvalue weighted by Crippen LogP contribution is 2.14. The fourth-order valence-corrected chi connectivity index (χ4v) is 1.62. The van der Waals surface area contributed by atoms with Crippen LogP contribution < -0.4 is 11.3 Å². The lowest BCUT2D eigenvalue weighted by Crippen LogP contribution is -2.40. The third kappa shape index (κ3) is 3.29. The Morgan fingerprint density at radius 3 is 2.64 bits per heavy atom. The van der Waals surface area contributed by atoms with Gasteiger partial charge in [0.25, 0.3) is 0 Å². The molecule has 3 N–H and O–H groups in total. The van der Waals surface area contributed by atoms with Crippen molar-refractivity contribution in [2.45, 2.75) is 26.3 Å². The highest BCUT2D eigenvalue weighted by Gasteiger charge is 2.11. The van der Waals surface area contributed by atoms with E-state index < -0.39 is 0 Å². The number of nitrogens with two attached hydrogens (primary N) is 1. The number of benzene rings is 1. The summed E-state index contributed by atoms with van der Waals surface area (Å²) in [5.74, 6) is 5.99. The van der Waals surface area contributed by atoms with Crippen LogP contribution in [0.2, 0.25) is 5.02 Å². The van der Waals surface area contributed by atoms with Gasteiger partial charge in [0, 0.05) is 11.1 Å². The van der Waals surface area contributed by atoms with E-state index in [0.29, 0.717) is 12.0 Å². The number of hydrogen-bond acceptors (Lipinski definition) is 2. The SMILES string of the molecule is CC(C)C(Cc1cccc(Cl)c1)NN. The van der Waals surface area contributed by atoms with Crippen LogP contribution in [0.1, 0.15) is 19.4 Å². The van der Waals surface area contributed by atoms with Crippen molar-refractivity contribution in [3.63, 3.8) is 0 Å². The minimum absolute atomic E-state index is 0.300. The maximum Gasteiger partial charge on any atom is 0.0408 e. The normalized spacial score (nSPS) is 13.2. The quantitative estimate of drug-likeness (QED) is 0.594. The number of halogens is 1. The Bertz CT molecular complexity index is 286. The van der Waals surface area contributed by atoms with Crippen LogP contribution in [0.25, 0.3) is 0 Å². The summed E-state index contributed by atoms with van der Waals surface area (Å²) in [5.41, 5.74) is 4.04. The van der Waals surface area contributed by atoms with Crippen LogP contribution in [0.4, 0.5) is 0 Å². The molecule has 78 valence electrons. The molecule has 1 aromatic rings. The first-order chi connectivity index (χ1) is 6.63. The predicted octanol–water partition coefficient (Wildman–Crippen LogP) is 2.37. The Hall–Kier alpha value is -0.570. The average molecular weight is 213 g/mol. The highest BCUT2D eigenvalue weighted by atomic mass is 35.5. The fraction of sp³-hybridized carbons (Fsp3) is 0.455. The van der Waals surface area contributed by atoms with E-state index in [4.69, 9.17) is 17.4 Å². The van der Waals surface area contributed by atoms with Gasteiger partial charge in [0.15, 0.2) is 0 Å². The van der Waals surface area contributed by atoms with Crippen molar-refractivity contribution in [1.29, 1.82) is 0 Å². The number of hydrogen-bond donors (Lipinski definition) is 2. The zero-order valence-corrected chi connectivity index (χ0v) is 9.38. The Morgan fingerprint density at radius 1 is 1.43 bits per heavy atom. The molecule has 0 amide bonds. The molecule has 2 nitrogen and oxygen atoms in total. The van der Waals surface area contributed by atoms with E-state index >= 15 is 0 Å². The summed E-state index contributed by atoms with van der Waals surface area (Å²) in [7, 11) is 0. The molecule has 0 heterocycles. The third-order valence-corrected chi connectivity index (χ3v) is 2.60. The van der Waals surface area contributed by atoms with Gasteiger partial charge in [-0.25, -0.2) is 0 Å². The predicted molar refractivity (Wildman–Crippen MR) is 61.1 cm³/mol. The van der Waals surface area contributed by atoms with E-state index in [1.54, 1.807) is 0 Å². The van der Waals surface area contributed by atoms with E-state index in [1.165, 1.54) is 5.56 Å². The molecule has 0 saturated heterocycles. The monoisotopic (exact) mass is 212 g/mol. The van der Waals surface area contributed by atoms with E-state index in [0.717, 1.165) is 11.4 Å². The summed E-state index contributed by atoms with van der Waals surface area (Å²) < 4.78 is 0. The van der Waals surface area contributed by atoms with Gasteiger partial charge in [-0.3, -0.25) is 11.3 Å². The Balaban J connectivity index is 2.67. The molecule has 14 heavy (non-hydrogen) atoms. The van der Waals surface area contributed by atoms with Gasteiger partial charge in [0.1, 0.15) is 0 Å². The van der Waals surface area contributed by atoms with Crippen molar-refractivity contribution in [2.24, 2.45) is 11.8 Å². The molecule has 0 radical (unpaired) electrons. The Morgan fingerprint density at radius 2 is 2.14 bits per heavy atom. The van der Waals surface area contributed by atoms with Crippen molar-refractivity contribution in [1.82, 2.24) is 5.43 Å². The van der Waals surface area contributed by atoms with Crippen LogP contribution in [-0.4, -0.2) is 6.04 Å². The molecule has 0 bridgehead atoms.